The molecule has 2 N–H and O–H groups in total. The molecule has 0 aromatic heterocycles. The van der Waals surface area contributed by atoms with E-state index >= 15 is 0 Å². The number of rotatable bonds is 4. The zero-order valence-corrected chi connectivity index (χ0v) is 14.7. The van der Waals surface area contributed by atoms with Crippen LogP contribution in [0.15, 0.2) is 0 Å². The highest BCUT2D eigenvalue weighted by Crippen LogP contribution is 2.29. The molecule has 0 spiro atoms. The fourth-order valence-electron chi connectivity index (χ4n) is 2.63. The van der Waals surface area contributed by atoms with E-state index in [-0.39, 0.29) is 5.91 Å². The first-order valence-corrected chi connectivity index (χ1v) is 7.99. The van der Waals surface area contributed by atoms with Gasteiger partial charge in [-0.15, -0.1) is 0 Å². The average molecular weight is 328 g/mol. The molecule has 0 saturated heterocycles. The van der Waals surface area contributed by atoms with E-state index in [1.165, 1.54) is 7.11 Å². The van der Waals surface area contributed by atoms with E-state index in [1.807, 2.05) is 0 Å². The molecule has 1 aliphatic carbocycles. The minimum Gasteiger partial charge on any atom is -0.467 e. The number of carbonyl (C=O) groups is 3. The van der Waals surface area contributed by atoms with Gasteiger partial charge in [-0.25, -0.2) is 9.59 Å². The van der Waals surface area contributed by atoms with Crippen molar-refractivity contribution < 1.29 is 23.9 Å². The Hall–Kier alpha value is -1.79. The molecule has 0 aromatic rings. The number of alkyl carbamates (subject to hydrolysis) is 1. The summed E-state index contributed by atoms with van der Waals surface area (Å²) < 4.78 is 9.88. The molecule has 0 radical (unpaired) electrons. The third kappa shape index (κ3) is 5.73. The van der Waals surface area contributed by atoms with Crippen LogP contribution in [0, 0.1) is 0 Å². The second kappa shape index (κ2) is 7.66. The third-order valence-electron chi connectivity index (χ3n) is 3.78. The smallest absolute Gasteiger partial charge is 0.408 e. The van der Waals surface area contributed by atoms with E-state index in [0.717, 1.165) is 19.3 Å². The van der Waals surface area contributed by atoms with Crippen molar-refractivity contribution in [1.29, 1.82) is 0 Å². The summed E-state index contributed by atoms with van der Waals surface area (Å²) in [5.41, 5.74) is -1.68. The molecule has 0 bridgehead atoms. The predicted molar refractivity (Wildman–Crippen MR) is 84.8 cm³/mol. The summed E-state index contributed by atoms with van der Waals surface area (Å²) in [5, 5.41) is 5.35. The summed E-state index contributed by atoms with van der Waals surface area (Å²) in [5.74, 6) is -0.900. The Morgan fingerprint density at radius 1 is 1.09 bits per heavy atom. The molecule has 0 unspecified atom stereocenters. The summed E-state index contributed by atoms with van der Waals surface area (Å²) >= 11 is 0. The van der Waals surface area contributed by atoms with Crippen LogP contribution in [0.3, 0.4) is 0 Å². The van der Waals surface area contributed by atoms with Gasteiger partial charge in [-0.3, -0.25) is 4.79 Å². The molecular formula is C16H28N2O5. The summed E-state index contributed by atoms with van der Waals surface area (Å²) in [6.07, 6.45) is 3.08. The highest BCUT2D eigenvalue weighted by Gasteiger charge is 2.42. The number of nitrogens with one attached hydrogen (secondary N) is 2. The largest absolute Gasteiger partial charge is 0.467 e. The summed E-state index contributed by atoms with van der Waals surface area (Å²) in [6.45, 7) is 6.84. The second-order valence-corrected chi connectivity index (χ2v) is 6.99. The van der Waals surface area contributed by atoms with Gasteiger partial charge in [0.25, 0.3) is 0 Å². The predicted octanol–water partition coefficient (Wildman–Crippen LogP) is 1.89. The molecular weight excluding hydrogens is 300 g/mol. The first-order valence-electron chi connectivity index (χ1n) is 7.99. The number of esters is 1. The highest BCUT2D eigenvalue weighted by atomic mass is 16.6. The molecule has 1 aliphatic rings. The molecule has 1 rings (SSSR count). The second-order valence-electron chi connectivity index (χ2n) is 6.99. The molecule has 7 heteroatoms. The van der Waals surface area contributed by atoms with Crippen molar-refractivity contribution in [2.45, 2.75) is 77.0 Å². The van der Waals surface area contributed by atoms with Crippen molar-refractivity contribution in [3.05, 3.63) is 0 Å². The lowest BCUT2D eigenvalue weighted by molar-refractivity contribution is -0.145. The number of amides is 2. The average Bonchev–Trinajstić information content (AvgIpc) is 2.44. The zero-order chi connectivity index (χ0) is 17.7. The molecule has 23 heavy (non-hydrogen) atoms. The molecule has 1 saturated carbocycles. The van der Waals surface area contributed by atoms with Crippen molar-refractivity contribution >= 4 is 18.0 Å². The SMILES string of the molecule is COC(=O)[C@@H](C)NC(=O)C1(NC(=O)OC(C)(C)C)CCCCC1. The van der Waals surface area contributed by atoms with E-state index in [0.29, 0.717) is 12.8 Å². The summed E-state index contributed by atoms with van der Waals surface area (Å²) in [7, 11) is 1.26. The summed E-state index contributed by atoms with van der Waals surface area (Å²) in [4.78, 5) is 36.3. The molecule has 1 atom stereocenters. The Morgan fingerprint density at radius 3 is 2.13 bits per heavy atom. The topological polar surface area (TPSA) is 93.7 Å². The Balaban J connectivity index is 2.83. The van der Waals surface area contributed by atoms with Gasteiger partial charge in [0.2, 0.25) is 5.91 Å². The van der Waals surface area contributed by atoms with Gasteiger partial charge in [0.15, 0.2) is 0 Å². The van der Waals surface area contributed by atoms with Crippen LogP contribution in [-0.4, -0.2) is 42.3 Å². The van der Waals surface area contributed by atoms with Crippen LogP contribution in [0.5, 0.6) is 0 Å². The Kier molecular flexibility index (Phi) is 6.41. The molecule has 0 aliphatic heterocycles. The quantitative estimate of drug-likeness (QED) is 0.769. The third-order valence-corrected chi connectivity index (χ3v) is 3.78. The lowest BCUT2D eigenvalue weighted by Gasteiger charge is -2.37. The molecule has 1 fully saturated rings. The van der Waals surface area contributed by atoms with E-state index in [9.17, 15) is 14.4 Å². The Morgan fingerprint density at radius 2 is 1.65 bits per heavy atom. The van der Waals surface area contributed by atoms with Gasteiger partial charge >= 0.3 is 12.1 Å². The Labute approximate surface area is 137 Å². The van der Waals surface area contributed by atoms with Crippen LogP contribution >= 0.6 is 0 Å². The first kappa shape index (κ1) is 19.3. The fraction of sp³-hybridized carbons (Fsp3) is 0.812. The maximum atomic E-state index is 12.7. The highest BCUT2D eigenvalue weighted by molar-refractivity contribution is 5.93. The van der Waals surface area contributed by atoms with Crippen LogP contribution in [0.25, 0.3) is 0 Å². The summed E-state index contributed by atoms with van der Waals surface area (Å²) in [6, 6.07) is -0.772. The van der Waals surface area contributed by atoms with Crippen LogP contribution in [0.1, 0.15) is 59.8 Å². The monoisotopic (exact) mass is 328 g/mol. The van der Waals surface area contributed by atoms with Gasteiger partial charge in [0.1, 0.15) is 17.2 Å². The Bertz CT molecular complexity index is 450. The van der Waals surface area contributed by atoms with E-state index in [1.54, 1.807) is 27.7 Å². The van der Waals surface area contributed by atoms with E-state index in [2.05, 4.69) is 15.4 Å². The maximum absolute atomic E-state index is 12.7. The standard InChI is InChI=1S/C16H28N2O5/c1-11(12(19)22-5)17-13(20)16(9-7-6-8-10-16)18-14(21)23-15(2,3)4/h11H,6-10H2,1-5H3,(H,17,20)(H,18,21)/t11-/m1/s1. The minimum absolute atomic E-state index is 0.374. The van der Waals surface area contributed by atoms with Gasteiger partial charge in [-0.05, 0) is 40.5 Å². The number of ether oxygens (including phenoxy) is 2. The minimum atomic E-state index is -1.04. The number of carbonyl (C=O) groups excluding carboxylic acids is 3. The lowest BCUT2D eigenvalue weighted by Crippen LogP contribution is -2.62. The van der Waals surface area contributed by atoms with Gasteiger partial charge in [0, 0.05) is 0 Å². The zero-order valence-electron chi connectivity index (χ0n) is 14.7. The van der Waals surface area contributed by atoms with Gasteiger partial charge in [-0.2, -0.15) is 0 Å². The number of hydrogen-bond donors (Lipinski definition) is 2. The number of hydrogen-bond acceptors (Lipinski definition) is 5. The van der Waals surface area contributed by atoms with Crippen molar-refractivity contribution in [2.75, 3.05) is 7.11 Å². The van der Waals surface area contributed by atoms with Gasteiger partial charge in [0.05, 0.1) is 7.11 Å². The van der Waals surface area contributed by atoms with Crippen LogP contribution in [0.2, 0.25) is 0 Å². The molecule has 0 aromatic carbocycles. The van der Waals surface area contributed by atoms with E-state index in [4.69, 9.17) is 4.74 Å². The molecule has 2 amide bonds. The molecule has 0 heterocycles. The van der Waals surface area contributed by atoms with Crippen molar-refractivity contribution in [2.24, 2.45) is 0 Å². The van der Waals surface area contributed by atoms with Crippen LogP contribution in [-0.2, 0) is 19.1 Å². The number of methoxy groups -OCH3 is 1. The van der Waals surface area contributed by atoms with Crippen LogP contribution in [0.4, 0.5) is 4.79 Å². The van der Waals surface area contributed by atoms with Crippen molar-refractivity contribution in [3.63, 3.8) is 0 Å². The lowest BCUT2D eigenvalue weighted by atomic mass is 9.81. The first-order chi connectivity index (χ1) is 10.6. The maximum Gasteiger partial charge on any atom is 0.408 e. The van der Waals surface area contributed by atoms with Crippen LogP contribution < -0.4 is 10.6 Å². The molecule has 132 valence electrons. The van der Waals surface area contributed by atoms with Crippen molar-refractivity contribution in [1.82, 2.24) is 10.6 Å². The fourth-order valence-corrected chi connectivity index (χ4v) is 2.63. The van der Waals surface area contributed by atoms with Crippen molar-refractivity contribution in [3.8, 4) is 0 Å². The normalized spacial score (nSPS) is 18.5. The van der Waals surface area contributed by atoms with E-state index < -0.39 is 29.2 Å². The van der Waals surface area contributed by atoms with Gasteiger partial charge in [-0.1, -0.05) is 19.3 Å². The van der Waals surface area contributed by atoms with Gasteiger partial charge < -0.3 is 20.1 Å². The molecule has 7 nitrogen and oxygen atoms in total.